The maximum absolute atomic E-state index is 5.82. The van der Waals surface area contributed by atoms with Gasteiger partial charge in [0.25, 0.3) is 0 Å². The predicted octanol–water partition coefficient (Wildman–Crippen LogP) is 3.78. The largest absolute Gasteiger partial charge is 0.377 e. The van der Waals surface area contributed by atoms with Crippen LogP contribution in [0.5, 0.6) is 0 Å². The molecule has 2 heteroatoms. The number of nitrogens with one attached hydrogen (secondary N) is 1. The molecule has 0 spiro atoms. The summed E-state index contributed by atoms with van der Waals surface area (Å²) >= 11 is 0. The topological polar surface area (TPSA) is 21.3 Å². The fraction of sp³-hybridized carbons (Fsp3) is 0.647. The minimum Gasteiger partial charge on any atom is -0.377 e. The summed E-state index contributed by atoms with van der Waals surface area (Å²) in [5.74, 6) is 0.709. The van der Waals surface area contributed by atoms with E-state index in [0.29, 0.717) is 18.1 Å². The molecule has 1 heterocycles. The summed E-state index contributed by atoms with van der Waals surface area (Å²) in [5.41, 5.74) is 3.05. The van der Waals surface area contributed by atoms with E-state index in [2.05, 4.69) is 36.5 Å². The highest BCUT2D eigenvalue weighted by Crippen LogP contribution is 2.36. The average molecular weight is 259 g/mol. The molecule has 3 atom stereocenters. The van der Waals surface area contributed by atoms with Crippen LogP contribution in [0.3, 0.4) is 0 Å². The van der Waals surface area contributed by atoms with Crippen molar-refractivity contribution in [3.05, 3.63) is 35.4 Å². The van der Waals surface area contributed by atoms with Crippen LogP contribution in [-0.2, 0) is 4.74 Å². The lowest BCUT2D eigenvalue weighted by atomic mass is 9.81. The maximum Gasteiger partial charge on any atom is 0.0699 e. The van der Waals surface area contributed by atoms with Gasteiger partial charge in [-0.05, 0) is 49.1 Å². The second-order valence-corrected chi connectivity index (χ2v) is 6.06. The van der Waals surface area contributed by atoms with Crippen LogP contribution in [0.1, 0.15) is 62.1 Å². The van der Waals surface area contributed by atoms with Gasteiger partial charge < -0.3 is 10.1 Å². The van der Waals surface area contributed by atoms with Crippen LogP contribution in [0.15, 0.2) is 24.3 Å². The zero-order chi connectivity index (χ0) is 13.1. The van der Waals surface area contributed by atoms with E-state index in [0.717, 1.165) is 13.2 Å². The molecule has 1 fully saturated rings. The molecule has 1 aliphatic carbocycles. The molecule has 0 bridgehead atoms. The molecule has 1 aromatic carbocycles. The van der Waals surface area contributed by atoms with Crippen molar-refractivity contribution in [1.82, 2.24) is 5.32 Å². The van der Waals surface area contributed by atoms with Crippen molar-refractivity contribution in [3.63, 3.8) is 0 Å². The molecule has 0 aromatic heterocycles. The van der Waals surface area contributed by atoms with E-state index in [-0.39, 0.29) is 0 Å². The number of hydrogen-bond acceptors (Lipinski definition) is 2. The first-order valence-electron chi connectivity index (χ1n) is 7.78. The summed E-state index contributed by atoms with van der Waals surface area (Å²) in [6.07, 6.45) is 6.76. The fourth-order valence-corrected chi connectivity index (χ4v) is 3.46. The molecule has 0 amide bonds. The summed E-state index contributed by atoms with van der Waals surface area (Å²) in [4.78, 5) is 0. The van der Waals surface area contributed by atoms with Gasteiger partial charge in [0.2, 0.25) is 0 Å². The number of ether oxygens (including phenoxy) is 1. The normalized spacial score (nSPS) is 30.9. The van der Waals surface area contributed by atoms with Crippen LogP contribution in [0, 0.1) is 0 Å². The Labute approximate surface area is 116 Å². The Hall–Kier alpha value is -0.860. The molecule has 0 saturated carbocycles. The highest BCUT2D eigenvalue weighted by Gasteiger charge is 2.25. The van der Waals surface area contributed by atoms with E-state index in [1.54, 1.807) is 0 Å². The molecule has 3 rings (SSSR count). The Morgan fingerprint density at radius 3 is 2.74 bits per heavy atom. The van der Waals surface area contributed by atoms with Crippen molar-refractivity contribution in [2.45, 2.75) is 57.1 Å². The molecule has 19 heavy (non-hydrogen) atoms. The molecule has 2 nitrogen and oxygen atoms in total. The van der Waals surface area contributed by atoms with Crippen LogP contribution >= 0.6 is 0 Å². The molecule has 1 aliphatic heterocycles. The van der Waals surface area contributed by atoms with Crippen molar-refractivity contribution in [3.8, 4) is 0 Å². The Bertz CT molecular complexity index is 411. The smallest absolute Gasteiger partial charge is 0.0699 e. The number of benzene rings is 1. The monoisotopic (exact) mass is 259 g/mol. The minimum atomic E-state index is 0.431. The van der Waals surface area contributed by atoms with Crippen molar-refractivity contribution in [1.29, 1.82) is 0 Å². The van der Waals surface area contributed by atoms with E-state index in [1.807, 2.05) is 0 Å². The summed E-state index contributed by atoms with van der Waals surface area (Å²) in [6, 6.07) is 9.46. The Kier molecular flexibility index (Phi) is 4.19. The molecule has 3 unspecified atom stereocenters. The van der Waals surface area contributed by atoms with Gasteiger partial charge >= 0.3 is 0 Å². The highest BCUT2D eigenvalue weighted by molar-refractivity contribution is 5.34. The van der Waals surface area contributed by atoms with E-state index in [9.17, 15) is 0 Å². The molecule has 1 aromatic rings. The number of rotatable bonds is 3. The third-order valence-electron chi connectivity index (χ3n) is 4.66. The first-order chi connectivity index (χ1) is 9.34. The first kappa shape index (κ1) is 13.1. The Morgan fingerprint density at radius 1 is 1.11 bits per heavy atom. The SMILES string of the molecule is CC1CCC(NCC2CCCCO2)c2ccccc21. The summed E-state index contributed by atoms with van der Waals surface area (Å²) in [6.45, 7) is 4.30. The molecule has 2 aliphatic rings. The molecule has 1 saturated heterocycles. The second-order valence-electron chi connectivity index (χ2n) is 6.06. The van der Waals surface area contributed by atoms with Gasteiger partial charge in [-0.1, -0.05) is 31.2 Å². The van der Waals surface area contributed by atoms with Gasteiger partial charge in [0.05, 0.1) is 6.10 Å². The van der Waals surface area contributed by atoms with Crippen LogP contribution in [0.2, 0.25) is 0 Å². The predicted molar refractivity (Wildman–Crippen MR) is 78.4 cm³/mol. The van der Waals surface area contributed by atoms with Gasteiger partial charge in [-0.3, -0.25) is 0 Å². The number of hydrogen-bond donors (Lipinski definition) is 1. The third-order valence-corrected chi connectivity index (χ3v) is 4.66. The molecule has 1 N–H and O–H groups in total. The van der Waals surface area contributed by atoms with Crippen molar-refractivity contribution < 1.29 is 4.74 Å². The Morgan fingerprint density at radius 2 is 1.95 bits per heavy atom. The third kappa shape index (κ3) is 3.01. The van der Waals surface area contributed by atoms with Crippen LogP contribution in [0.25, 0.3) is 0 Å². The summed E-state index contributed by atoms with van der Waals surface area (Å²) in [7, 11) is 0. The maximum atomic E-state index is 5.82. The van der Waals surface area contributed by atoms with Gasteiger partial charge in [-0.15, -0.1) is 0 Å². The van der Waals surface area contributed by atoms with Gasteiger partial charge in [0.1, 0.15) is 0 Å². The first-order valence-corrected chi connectivity index (χ1v) is 7.78. The standard InChI is InChI=1S/C17H25NO/c1-13-9-10-17(16-8-3-2-7-15(13)16)18-12-14-6-4-5-11-19-14/h2-3,7-8,13-14,17-18H,4-6,9-12H2,1H3. The van der Waals surface area contributed by atoms with Crippen molar-refractivity contribution in [2.24, 2.45) is 0 Å². The summed E-state index contributed by atoms with van der Waals surface area (Å²) in [5, 5.41) is 3.74. The van der Waals surface area contributed by atoms with Crippen molar-refractivity contribution in [2.75, 3.05) is 13.2 Å². The van der Waals surface area contributed by atoms with Crippen LogP contribution in [-0.4, -0.2) is 19.3 Å². The average Bonchev–Trinajstić information content (AvgIpc) is 2.48. The molecule has 104 valence electrons. The van der Waals surface area contributed by atoms with E-state index in [1.165, 1.54) is 43.2 Å². The van der Waals surface area contributed by atoms with Crippen LogP contribution < -0.4 is 5.32 Å². The minimum absolute atomic E-state index is 0.431. The molecular weight excluding hydrogens is 234 g/mol. The lowest BCUT2D eigenvalue weighted by molar-refractivity contribution is 0.0150. The van der Waals surface area contributed by atoms with Crippen LogP contribution in [0.4, 0.5) is 0 Å². The van der Waals surface area contributed by atoms with E-state index >= 15 is 0 Å². The lowest BCUT2D eigenvalue weighted by Gasteiger charge is -2.32. The molecular formula is C17H25NO. The van der Waals surface area contributed by atoms with Crippen molar-refractivity contribution >= 4 is 0 Å². The van der Waals surface area contributed by atoms with Gasteiger partial charge in [-0.25, -0.2) is 0 Å². The second kappa shape index (κ2) is 6.06. The Balaban J connectivity index is 1.64. The molecule has 0 radical (unpaired) electrons. The highest BCUT2D eigenvalue weighted by atomic mass is 16.5. The fourth-order valence-electron chi connectivity index (χ4n) is 3.46. The zero-order valence-corrected chi connectivity index (χ0v) is 11.9. The van der Waals surface area contributed by atoms with Gasteiger partial charge in [0, 0.05) is 19.2 Å². The lowest BCUT2D eigenvalue weighted by Crippen LogP contribution is -2.35. The van der Waals surface area contributed by atoms with E-state index in [4.69, 9.17) is 4.74 Å². The van der Waals surface area contributed by atoms with Gasteiger partial charge in [0.15, 0.2) is 0 Å². The number of fused-ring (bicyclic) bond motifs is 1. The van der Waals surface area contributed by atoms with Gasteiger partial charge in [-0.2, -0.15) is 0 Å². The summed E-state index contributed by atoms with van der Waals surface area (Å²) < 4.78 is 5.82. The van der Waals surface area contributed by atoms with E-state index < -0.39 is 0 Å². The quantitative estimate of drug-likeness (QED) is 0.892. The zero-order valence-electron chi connectivity index (χ0n) is 11.9.